The van der Waals surface area contributed by atoms with E-state index in [0.717, 1.165) is 23.9 Å². The third-order valence-corrected chi connectivity index (χ3v) is 5.06. The van der Waals surface area contributed by atoms with Crippen molar-refractivity contribution in [2.24, 2.45) is 0 Å². The number of alkyl halides is 3. The molecule has 2 aromatic rings. The number of piperazine rings is 1. The molecule has 3 rings (SSSR count). The van der Waals surface area contributed by atoms with Crippen molar-refractivity contribution in [1.29, 1.82) is 0 Å². The van der Waals surface area contributed by atoms with E-state index in [-0.39, 0.29) is 22.9 Å². The minimum atomic E-state index is -4.53. The van der Waals surface area contributed by atoms with Crippen molar-refractivity contribution < 1.29 is 22.9 Å². The highest BCUT2D eigenvalue weighted by Crippen LogP contribution is 2.33. The summed E-state index contributed by atoms with van der Waals surface area (Å²) in [6, 6.07) is 9.00. The molecule has 1 amide bonds. The minimum Gasteiger partial charge on any atom is -0.369 e. The number of hydrogen-bond acceptors (Lipinski definition) is 5. The van der Waals surface area contributed by atoms with Crippen LogP contribution in [0.2, 0.25) is 5.02 Å². The third kappa shape index (κ3) is 5.39. The van der Waals surface area contributed by atoms with Crippen molar-refractivity contribution in [2.45, 2.75) is 6.18 Å². The first-order valence-electron chi connectivity index (χ1n) is 9.02. The maximum atomic E-state index is 12.8. The fourth-order valence-electron chi connectivity index (χ4n) is 3.14. The largest absolute Gasteiger partial charge is 0.416 e. The average Bonchev–Trinajstić information content (AvgIpc) is 2.69. The monoisotopic (exact) mass is 442 g/mol. The fraction of sp³-hybridized carbons (Fsp3) is 0.316. The van der Waals surface area contributed by atoms with E-state index in [0.29, 0.717) is 26.2 Å². The Morgan fingerprint density at radius 3 is 2.30 bits per heavy atom. The summed E-state index contributed by atoms with van der Waals surface area (Å²) in [5, 5.41) is 13.2. The second-order valence-corrected chi connectivity index (χ2v) is 7.18. The molecule has 0 spiro atoms. The van der Waals surface area contributed by atoms with Gasteiger partial charge in [-0.25, -0.2) is 0 Å². The first-order valence-corrected chi connectivity index (χ1v) is 9.39. The van der Waals surface area contributed by atoms with Gasteiger partial charge >= 0.3 is 6.18 Å². The number of nitro groups is 1. The second-order valence-electron chi connectivity index (χ2n) is 6.78. The van der Waals surface area contributed by atoms with E-state index < -0.39 is 22.6 Å². The number of anilines is 2. The van der Waals surface area contributed by atoms with Crippen molar-refractivity contribution >= 4 is 34.6 Å². The summed E-state index contributed by atoms with van der Waals surface area (Å²) in [5.41, 5.74) is -0.109. The molecule has 0 unspecified atom stereocenters. The predicted molar refractivity (Wildman–Crippen MR) is 107 cm³/mol. The van der Waals surface area contributed by atoms with E-state index in [2.05, 4.69) is 5.32 Å². The fourth-order valence-corrected chi connectivity index (χ4v) is 3.30. The van der Waals surface area contributed by atoms with Gasteiger partial charge in [-0.1, -0.05) is 11.6 Å². The number of carbonyl (C=O) groups excluding carboxylic acids is 1. The van der Waals surface area contributed by atoms with Gasteiger partial charge in [-0.2, -0.15) is 13.2 Å². The highest BCUT2D eigenvalue weighted by atomic mass is 35.5. The van der Waals surface area contributed by atoms with Crippen molar-refractivity contribution in [2.75, 3.05) is 42.9 Å². The van der Waals surface area contributed by atoms with Gasteiger partial charge in [-0.3, -0.25) is 19.8 Å². The van der Waals surface area contributed by atoms with Crippen LogP contribution in [0.5, 0.6) is 0 Å². The maximum absolute atomic E-state index is 12.8. The number of hydrogen-bond donors (Lipinski definition) is 1. The first-order chi connectivity index (χ1) is 14.1. The Hall–Kier alpha value is -2.85. The van der Waals surface area contributed by atoms with Gasteiger partial charge < -0.3 is 10.2 Å². The summed E-state index contributed by atoms with van der Waals surface area (Å²) in [4.78, 5) is 26.5. The van der Waals surface area contributed by atoms with Gasteiger partial charge in [0.2, 0.25) is 5.91 Å². The van der Waals surface area contributed by atoms with Crippen LogP contribution in [0, 0.1) is 10.1 Å². The Kier molecular flexibility index (Phi) is 6.47. The molecular formula is C19H18ClF3N4O3. The molecule has 1 heterocycles. The smallest absolute Gasteiger partial charge is 0.369 e. The zero-order valence-electron chi connectivity index (χ0n) is 15.7. The molecule has 1 fully saturated rings. The van der Waals surface area contributed by atoms with Gasteiger partial charge in [0, 0.05) is 44.0 Å². The van der Waals surface area contributed by atoms with Crippen molar-refractivity contribution in [3.05, 3.63) is 63.2 Å². The van der Waals surface area contributed by atoms with Crippen LogP contribution in [0.4, 0.5) is 30.2 Å². The molecule has 30 heavy (non-hydrogen) atoms. The van der Waals surface area contributed by atoms with E-state index in [4.69, 9.17) is 11.6 Å². The lowest BCUT2D eigenvalue weighted by Crippen LogP contribution is -2.48. The number of benzene rings is 2. The van der Waals surface area contributed by atoms with Crippen LogP contribution in [0.1, 0.15) is 5.56 Å². The summed E-state index contributed by atoms with van der Waals surface area (Å²) in [5.74, 6) is -0.458. The summed E-state index contributed by atoms with van der Waals surface area (Å²) in [7, 11) is 0. The molecule has 0 radical (unpaired) electrons. The van der Waals surface area contributed by atoms with Gasteiger partial charge in [0.05, 0.1) is 27.7 Å². The summed E-state index contributed by atoms with van der Waals surface area (Å²) in [6.07, 6.45) is -4.53. The molecule has 0 aromatic heterocycles. The SMILES string of the molecule is O=C(CN1CCN(c2ccc([N+](=O)[O-])cc2)CC1)Nc1cc(C(F)(F)F)ccc1Cl. The molecule has 7 nitrogen and oxygen atoms in total. The first kappa shape index (κ1) is 21.8. The minimum absolute atomic E-state index is 0.0146. The molecule has 160 valence electrons. The number of nitrogens with one attached hydrogen (secondary N) is 1. The van der Waals surface area contributed by atoms with Gasteiger partial charge in [-0.05, 0) is 30.3 Å². The lowest BCUT2D eigenvalue weighted by molar-refractivity contribution is -0.384. The van der Waals surface area contributed by atoms with Gasteiger partial charge in [-0.15, -0.1) is 0 Å². The van der Waals surface area contributed by atoms with Gasteiger partial charge in [0.25, 0.3) is 5.69 Å². The number of non-ortho nitro benzene ring substituents is 1. The number of halogens is 4. The van der Waals surface area contributed by atoms with E-state index >= 15 is 0 Å². The lowest BCUT2D eigenvalue weighted by atomic mass is 10.2. The molecule has 1 aliphatic rings. The normalized spacial score (nSPS) is 15.1. The van der Waals surface area contributed by atoms with Crippen LogP contribution >= 0.6 is 11.6 Å². The number of nitrogens with zero attached hydrogens (tertiary/aromatic N) is 3. The molecule has 1 aliphatic heterocycles. The van der Waals surface area contributed by atoms with Crippen LogP contribution in [0.15, 0.2) is 42.5 Å². The number of amides is 1. The molecule has 2 aromatic carbocycles. The van der Waals surface area contributed by atoms with Crippen LogP contribution in [0.25, 0.3) is 0 Å². The Morgan fingerprint density at radius 2 is 1.73 bits per heavy atom. The maximum Gasteiger partial charge on any atom is 0.416 e. The Morgan fingerprint density at radius 1 is 1.10 bits per heavy atom. The number of rotatable bonds is 5. The zero-order valence-corrected chi connectivity index (χ0v) is 16.4. The molecular weight excluding hydrogens is 425 g/mol. The van der Waals surface area contributed by atoms with Crippen LogP contribution < -0.4 is 10.2 Å². The second kappa shape index (κ2) is 8.88. The zero-order chi connectivity index (χ0) is 21.9. The lowest BCUT2D eigenvalue weighted by Gasteiger charge is -2.35. The standard InChI is InChI=1S/C19H18ClF3N4O3/c20-16-6-1-13(19(21,22)23)11-17(16)24-18(28)12-25-7-9-26(10-8-25)14-2-4-15(5-3-14)27(29)30/h1-6,11H,7-10,12H2,(H,24,28). The van der Waals surface area contributed by atoms with E-state index in [1.165, 1.54) is 12.1 Å². The average molecular weight is 443 g/mol. The molecule has 0 saturated carbocycles. The van der Waals surface area contributed by atoms with Crippen LogP contribution in [-0.2, 0) is 11.0 Å². The Bertz CT molecular complexity index is 930. The predicted octanol–water partition coefficient (Wildman–Crippen LogP) is 4.03. The third-order valence-electron chi connectivity index (χ3n) is 4.73. The molecule has 1 saturated heterocycles. The van der Waals surface area contributed by atoms with Crippen molar-refractivity contribution in [3.8, 4) is 0 Å². The highest BCUT2D eigenvalue weighted by molar-refractivity contribution is 6.33. The van der Waals surface area contributed by atoms with Gasteiger partial charge in [0.15, 0.2) is 0 Å². The molecule has 0 bridgehead atoms. The van der Waals surface area contributed by atoms with E-state index in [1.54, 1.807) is 12.1 Å². The van der Waals surface area contributed by atoms with Crippen molar-refractivity contribution in [1.82, 2.24) is 4.90 Å². The molecule has 11 heteroatoms. The Balaban J connectivity index is 1.54. The quantitative estimate of drug-likeness (QED) is 0.558. The number of carbonyl (C=O) groups is 1. The molecule has 0 atom stereocenters. The summed E-state index contributed by atoms with van der Waals surface area (Å²) in [6.45, 7) is 2.34. The Labute approximate surface area is 175 Å². The van der Waals surface area contributed by atoms with Crippen molar-refractivity contribution in [3.63, 3.8) is 0 Å². The van der Waals surface area contributed by atoms with Gasteiger partial charge in [0.1, 0.15) is 0 Å². The van der Waals surface area contributed by atoms with Crippen LogP contribution in [-0.4, -0.2) is 48.5 Å². The number of nitro benzene ring substituents is 1. The topological polar surface area (TPSA) is 78.7 Å². The summed E-state index contributed by atoms with van der Waals surface area (Å²) >= 11 is 5.91. The van der Waals surface area contributed by atoms with Crippen LogP contribution in [0.3, 0.4) is 0 Å². The van der Waals surface area contributed by atoms with E-state index in [1.807, 2.05) is 9.80 Å². The highest BCUT2D eigenvalue weighted by Gasteiger charge is 2.31. The molecule has 1 N–H and O–H groups in total. The van der Waals surface area contributed by atoms with E-state index in [9.17, 15) is 28.1 Å². The molecule has 0 aliphatic carbocycles. The summed E-state index contributed by atoms with van der Waals surface area (Å²) < 4.78 is 38.5.